The van der Waals surface area contributed by atoms with Crippen LogP contribution in [0, 0.1) is 25.7 Å². The van der Waals surface area contributed by atoms with Gasteiger partial charge in [0.15, 0.2) is 0 Å². The minimum absolute atomic E-state index is 0.465. The Bertz CT molecular complexity index is 850. The fourth-order valence-corrected chi connectivity index (χ4v) is 4.63. The first-order valence-corrected chi connectivity index (χ1v) is 12.6. The lowest BCUT2D eigenvalue weighted by Crippen LogP contribution is -2.09. The van der Waals surface area contributed by atoms with Gasteiger partial charge in [-0.1, -0.05) is 124 Å². The first-order chi connectivity index (χ1) is 15.4. The van der Waals surface area contributed by atoms with Crippen molar-refractivity contribution in [1.82, 2.24) is 0 Å². The smallest absolute Gasteiger partial charge is 0.00918 e. The van der Waals surface area contributed by atoms with Gasteiger partial charge in [0.25, 0.3) is 0 Å². The second kappa shape index (κ2) is 11.5. The van der Waals surface area contributed by atoms with Crippen LogP contribution in [0.15, 0.2) is 72.8 Å². The predicted octanol–water partition coefficient (Wildman–Crippen LogP) is 9.44. The van der Waals surface area contributed by atoms with Crippen LogP contribution in [-0.4, -0.2) is 0 Å². The number of benzene rings is 3. The molecule has 32 heavy (non-hydrogen) atoms. The Balaban J connectivity index is 1.93. The van der Waals surface area contributed by atoms with Crippen molar-refractivity contribution in [1.29, 1.82) is 0 Å². The van der Waals surface area contributed by atoms with E-state index in [1.807, 2.05) is 0 Å². The van der Waals surface area contributed by atoms with Crippen LogP contribution in [0.2, 0.25) is 0 Å². The van der Waals surface area contributed by atoms with E-state index in [1.54, 1.807) is 0 Å². The minimum atomic E-state index is 0.465. The van der Waals surface area contributed by atoms with Gasteiger partial charge < -0.3 is 0 Å². The molecule has 0 saturated heterocycles. The summed E-state index contributed by atoms with van der Waals surface area (Å²) in [5.41, 5.74) is 8.44. The van der Waals surface area contributed by atoms with Crippen molar-refractivity contribution in [2.24, 2.45) is 11.8 Å². The van der Waals surface area contributed by atoms with Gasteiger partial charge in [0.2, 0.25) is 0 Å². The Morgan fingerprint density at radius 3 is 0.969 bits per heavy atom. The van der Waals surface area contributed by atoms with Crippen LogP contribution in [0.5, 0.6) is 0 Å². The molecule has 0 spiro atoms. The van der Waals surface area contributed by atoms with Crippen molar-refractivity contribution < 1.29 is 0 Å². The molecular weight excluding hydrogens is 384 g/mol. The fourth-order valence-electron chi connectivity index (χ4n) is 4.63. The normalized spacial score (nSPS) is 15.2. The molecule has 0 heterocycles. The molecule has 3 aromatic carbocycles. The first kappa shape index (κ1) is 24.3. The number of hydrogen-bond donors (Lipinski definition) is 0. The van der Waals surface area contributed by atoms with E-state index in [0.29, 0.717) is 23.7 Å². The molecule has 0 fully saturated rings. The highest BCUT2D eigenvalue weighted by Crippen LogP contribution is 2.36. The molecule has 0 aromatic heterocycles. The Labute approximate surface area is 197 Å². The molecule has 0 aliphatic rings. The molecule has 3 aromatic rings. The summed E-state index contributed by atoms with van der Waals surface area (Å²) in [6.45, 7) is 13.7. The van der Waals surface area contributed by atoms with Crippen LogP contribution in [0.4, 0.5) is 0 Å². The highest BCUT2D eigenvalue weighted by atomic mass is 14.2. The van der Waals surface area contributed by atoms with Crippen molar-refractivity contribution in [2.45, 2.75) is 79.1 Å². The van der Waals surface area contributed by atoms with Crippen molar-refractivity contribution in [3.8, 4) is 0 Å². The molecular formula is C32H42. The summed E-state index contributed by atoms with van der Waals surface area (Å²) in [5.74, 6) is 2.36. The third-order valence-corrected chi connectivity index (χ3v) is 7.37. The zero-order valence-corrected chi connectivity index (χ0v) is 21.1. The average molecular weight is 427 g/mol. The van der Waals surface area contributed by atoms with E-state index in [4.69, 9.17) is 0 Å². The lowest BCUT2D eigenvalue weighted by atomic mass is 9.80. The summed E-state index contributed by atoms with van der Waals surface area (Å²) in [6, 6.07) is 27.9. The molecule has 0 aliphatic carbocycles. The second-order valence-electron chi connectivity index (χ2n) is 10.1. The van der Waals surface area contributed by atoms with Gasteiger partial charge >= 0.3 is 0 Å². The SMILES string of the molecule is CCC(C)CC(c1ccc(C)cc1)c1ccc(C(CC(C)CC)c2ccc(C)cc2)cc1. The summed E-state index contributed by atoms with van der Waals surface area (Å²) in [7, 11) is 0. The molecule has 0 heteroatoms. The Hall–Kier alpha value is -2.34. The van der Waals surface area contributed by atoms with Gasteiger partial charge in [0.05, 0.1) is 0 Å². The van der Waals surface area contributed by atoms with Gasteiger partial charge in [-0.05, 0) is 60.8 Å². The summed E-state index contributed by atoms with van der Waals surface area (Å²) >= 11 is 0. The monoisotopic (exact) mass is 426 g/mol. The van der Waals surface area contributed by atoms with E-state index in [9.17, 15) is 0 Å². The van der Waals surface area contributed by atoms with E-state index in [2.05, 4.69) is 114 Å². The predicted molar refractivity (Wildman–Crippen MR) is 141 cm³/mol. The molecule has 4 unspecified atom stereocenters. The highest BCUT2D eigenvalue weighted by Gasteiger charge is 2.20. The number of rotatable bonds is 10. The van der Waals surface area contributed by atoms with Crippen LogP contribution < -0.4 is 0 Å². The zero-order chi connectivity index (χ0) is 23.1. The third kappa shape index (κ3) is 6.35. The van der Waals surface area contributed by atoms with Crippen molar-refractivity contribution in [3.05, 3.63) is 106 Å². The zero-order valence-electron chi connectivity index (χ0n) is 21.1. The van der Waals surface area contributed by atoms with Crippen LogP contribution in [0.1, 0.15) is 98.6 Å². The van der Waals surface area contributed by atoms with Gasteiger partial charge in [-0.25, -0.2) is 0 Å². The van der Waals surface area contributed by atoms with Crippen LogP contribution >= 0.6 is 0 Å². The van der Waals surface area contributed by atoms with Gasteiger partial charge in [-0.2, -0.15) is 0 Å². The van der Waals surface area contributed by atoms with E-state index < -0.39 is 0 Å². The molecule has 0 bridgehead atoms. The molecule has 0 amide bonds. The maximum Gasteiger partial charge on any atom is 0.00918 e. The van der Waals surface area contributed by atoms with Crippen molar-refractivity contribution in [3.63, 3.8) is 0 Å². The van der Waals surface area contributed by atoms with Crippen molar-refractivity contribution >= 4 is 0 Å². The molecule has 0 N–H and O–H groups in total. The van der Waals surface area contributed by atoms with Gasteiger partial charge in [-0.15, -0.1) is 0 Å². The number of aryl methyl sites for hydroxylation is 2. The lowest BCUT2D eigenvalue weighted by Gasteiger charge is -2.24. The Kier molecular flexibility index (Phi) is 8.74. The average Bonchev–Trinajstić information content (AvgIpc) is 2.82. The Morgan fingerprint density at radius 2 is 0.719 bits per heavy atom. The first-order valence-electron chi connectivity index (χ1n) is 12.6. The van der Waals surface area contributed by atoms with E-state index >= 15 is 0 Å². The highest BCUT2D eigenvalue weighted by molar-refractivity contribution is 5.39. The van der Waals surface area contributed by atoms with Crippen LogP contribution in [0.25, 0.3) is 0 Å². The molecule has 4 atom stereocenters. The molecule has 170 valence electrons. The van der Waals surface area contributed by atoms with Gasteiger partial charge in [0.1, 0.15) is 0 Å². The molecule has 0 nitrogen and oxygen atoms in total. The molecule has 0 radical (unpaired) electrons. The van der Waals surface area contributed by atoms with E-state index in [-0.39, 0.29) is 0 Å². The summed E-state index contributed by atoms with van der Waals surface area (Å²) in [6.07, 6.45) is 4.86. The standard InChI is InChI=1S/C32H42/c1-7-23(3)21-31(27-13-9-25(5)10-14-27)29-17-19-30(20-18-29)32(22-24(4)8-2)28-15-11-26(6)12-16-28/h9-20,23-24,31-32H,7-8,21-22H2,1-6H3. The number of hydrogen-bond acceptors (Lipinski definition) is 0. The van der Waals surface area contributed by atoms with E-state index in [1.165, 1.54) is 59.1 Å². The summed E-state index contributed by atoms with van der Waals surface area (Å²) in [4.78, 5) is 0. The van der Waals surface area contributed by atoms with Crippen LogP contribution in [0.3, 0.4) is 0 Å². The molecule has 0 aliphatic heterocycles. The van der Waals surface area contributed by atoms with Gasteiger partial charge in [0, 0.05) is 11.8 Å². The molecule has 0 saturated carbocycles. The minimum Gasteiger partial charge on any atom is -0.0651 e. The fraction of sp³-hybridized carbons (Fsp3) is 0.438. The maximum absolute atomic E-state index is 2.40. The van der Waals surface area contributed by atoms with Gasteiger partial charge in [-0.3, -0.25) is 0 Å². The third-order valence-electron chi connectivity index (χ3n) is 7.37. The summed E-state index contributed by atoms with van der Waals surface area (Å²) < 4.78 is 0. The summed E-state index contributed by atoms with van der Waals surface area (Å²) in [5, 5.41) is 0. The quantitative estimate of drug-likeness (QED) is 0.303. The molecule has 3 rings (SSSR count). The van der Waals surface area contributed by atoms with Crippen molar-refractivity contribution in [2.75, 3.05) is 0 Å². The maximum atomic E-state index is 2.40. The van der Waals surface area contributed by atoms with E-state index in [0.717, 1.165) is 0 Å². The Morgan fingerprint density at radius 1 is 0.469 bits per heavy atom. The lowest BCUT2D eigenvalue weighted by molar-refractivity contribution is 0.481. The second-order valence-corrected chi connectivity index (χ2v) is 10.1. The van der Waals surface area contributed by atoms with Crippen LogP contribution in [-0.2, 0) is 0 Å². The topological polar surface area (TPSA) is 0 Å². The largest absolute Gasteiger partial charge is 0.0651 e.